The lowest BCUT2D eigenvalue weighted by atomic mass is 10.0. The average molecular weight is 280 g/mol. The van der Waals surface area contributed by atoms with Crippen LogP contribution in [0.4, 0.5) is 4.39 Å². The number of rotatable bonds is 7. The predicted molar refractivity (Wildman–Crippen MR) is 75.1 cm³/mol. The molecule has 1 atom stereocenters. The molecule has 1 aliphatic rings. The molecule has 1 aromatic rings. The van der Waals surface area contributed by atoms with Crippen LogP contribution in [0.1, 0.15) is 19.3 Å². The van der Waals surface area contributed by atoms with E-state index in [1.165, 1.54) is 18.6 Å². The van der Waals surface area contributed by atoms with E-state index in [2.05, 4.69) is 10.6 Å². The summed E-state index contributed by atoms with van der Waals surface area (Å²) in [7, 11) is 0. The van der Waals surface area contributed by atoms with E-state index in [0.29, 0.717) is 31.2 Å². The molecule has 0 radical (unpaired) electrons. The van der Waals surface area contributed by atoms with Crippen LogP contribution in [0.2, 0.25) is 0 Å². The molecule has 0 spiro atoms. The van der Waals surface area contributed by atoms with Crippen molar-refractivity contribution in [1.82, 2.24) is 10.6 Å². The lowest BCUT2D eigenvalue weighted by Gasteiger charge is -2.09. The van der Waals surface area contributed by atoms with Crippen LogP contribution in [0.5, 0.6) is 5.75 Å². The van der Waals surface area contributed by atoms with Crippen LogP contribution >= 0.6 is 0 Å². The third kappa shape index (κ3) is 5.17. The molecule has 1 fully saturated rings. The Balaban J connectivity index is 1.53. The summed E-state index contributed by atoms with van der Waals surface area (Å²) in [6, 6.07) is 5.85. The third-order valence-corrected chi connectivity index (χ3v) is 3.45. The third-order valence-electron chi connectivity index (χ3n) is 3.45. The summed E-state index contributed by atoms with van der Waals surface area (Å²) in [6.45, 7) is 2.96. The average Bonchev–Trinajstić information content (AvgIpc) is 2.96. The maximum absolute atomic E-state index is 12.7. The first kappa shape index (κ1) is 14.8. The number of ether oxygens (including phenoxy) is 1. The van der Waals surface area contributed by atoms with Crippen molar-refractivity contribution in [2.45, 2.75) is 19.3 Å². The van der Waals surface area contributed by atoms with Gasteiger partial charge in [-0.2, -0.15) is 0 Å². The Morgan fingerprint density at radius 2 is 2.20 bits per heavy atom. The van der Waals surface area contributed by atoms with Gasteiger partial charge in [0, 0.05) is 6.42 Å². The molecular formula is C15H21FN2O2. The number of hydrogen-bond acceptors (Lipinski definition) is 3. The van der Waals surface area contributed by atoms with E-state index in [1.54, 1.807) is 12.1 Å². The molecule has 1 saturated heterocycles. The largest absolute Gasteiger partial charge is 0.492 e. The second-order valence-corrected chi connectivity index (χ2v) is 5.05. The normalized spacial score (nSPS) is 17.9. The van der Waals surface area contributed by atoms with Crippen LogP contribution in [0.25, 0.3) is 0 Å². The highest BCUT2D eigenvalue weighted by atomic mass is 19.1. The minimum atomic E-state index is -0.285. The molecule has 1 aromatic carbocycles. The van der Waals surface area contributed by atoms with E-state index in [9.17, 15) is 9.18 Å². The first-order valence-electron chi connectivity index (χ1n) is 7.10. The van der Waals surface area contributed by atoms with E-state index in [1.807, 2.05) is 0 Å². The molecule has 0 bridgehead atoms. The van der Waals surface area contributed by atoms with E-state index in [0.717, 1.165) is 19.5 Å². The van der Waals surface area contributed by atoms with Gasteiger partial charge in [0.05, 0.1) is 6.54 Å². The lowest BCUT2D eigenvalue weighted by molar-refractivity contribution is -0.121. The second-order valence-electron chi connectivity index (χ2n) is 5.05. The van der Waals surface area contributed by atoms with Gasteiger partial charge >= 0.3 is 0 Å². The molecule has 1 heterocycles. The zero-order valence-corrected chi connectivity index (χ0v) is 11.5. The Morgan fingerprint density at radius 3 is 2.90 bits per heavy atom. The Labute approximate surface area is 118 Å². The Hall–Kier alpha value is -1.62. The number of carbonyl (C=O) groups is 1. The van der Waals surface area contributed by atoms with Gasteiger partial charge in [-0.05, 0) is 56.1 Å². The van der Waals surface area contributed by atoms with E-state index in [4.69, 9.17) is 4.74 Å². The topological polar surface area (TPSA) is 50.4 Å². The van der Waals surface area contributed by atoms with Crippen molar-refractivity contribution in [1.29, 1.82) is 0 Å². The van der Waals surface area contributed by atoms with Gasteiger partial charge in [0.25, 0.3) is 0 Å². The van der Waals surface area contributed by atoms with Gasteiger partial charge in [0.15, 0.2) is 0 Å². The molecular weight excluding hydrogens is 259 g/mol. The number of amides is 1. The summed E-state index contributed by atoms with van der Waals surface area (Å²) in [5, 5.41) is 6.12. The van der Waals surface area contributed by atoms with Crippen molar-refractivity contribution in [3.05, 3.63) is 30.1 Å². The van der Waals surface area contributed by atoms with E-state index in [-0.39, 0.29) is 11.7 Å². The molecule has 2 N–H and O–H groups in total. The van der Waals surface area contributed by atoms with Crippen LogP contribution in [0, 0.1) is 11.7 Å². The van der Waals surface area contributed by atoms with Crippen molar-refractivity contribution >= 4 is 5.91 Å². The molecule has 1 amide bonds. The van der Waals surface area contributed by atoms with Gasteiger partial charge in [0.2, 0.25) is 5.91 Å². The molecule has 1 aliphatic heterocycles. The van der Waals surface area contributed by atoms with Gasteiger partial charge in [-0.3, -0.25) is 4.79 Å². The lowest BCUT2D eigenvalue weighted by Crippen LogP contribution is -2.28. The van der Waals surface area contributed by atoms with Crippen molar-refractivity contribution in [3.63, 3.8) is 0 Å². The van der Waals surface area contributed by atoms with Gasteiger partial charge in [-0.1, -0.05) is 0 Å². The maximum Gasteiger partial charge on any atom is 0.220 e. The summed E-state index contributed by atoms with van der Waals surface area (Å²) in [6.07, 6.45) is 2.68. The molecule has 0 aromatic heterocycles. The first-order chi connectivity index (χ1) is 9.74. The van der Waals surface area contributed by atoms with E-state index < -0.39 is 0 Å². The molecule has 1 unspecified atom stereocenters. The van der Waals surface area contributed by atoms with Crippen LogP contribution in [0.15, 0.2) is 24.3 Å². The Morgan fingerprint density at radius 1 is 1.40 bits per heavy atom. The minimum absolute atomic E-state index is 0.0691. The summed E-state index contributed by atoms with van der Waals surface area (Å²) in [5.74, 6) is 1.03. The fraction of sp³-hybridized carbons (Fsp3) is 0.533. The Kier molecular flexibility index (Phi) is 5.80. The number of benzene rings is 1. The predicted octanol–water partition coefficient (Wildman–Crippen LogP) is 1.71. The number of halogens is 1. The van der Waals surface area contributed by atoms with Crippen LogP contribution in [-0.2, 0) is 4.79 Å². The van der Waals surface area contributed by atoms with Crippen molar-refractivity contribution in [3.8, 4) is 5.75 Å². The molecule has 0 saturated carbocycles. The molecule has 4 nitrogen and oxygen atoms in total. The van der Waals surface area contributed by atoms with Gasteiger partial charge < -0.3 is 15.4 Å². The number of carbonyl (C=O) groups excluding carboxylic acids is 1. The van der Waals surface area contributed by atoms with Gasteiger partial charge in [-0.15, -0.1) is 0 Å². The van der Waals surface area contributed by atoms with Crippen molar-refractivity contribution in [2.24, 2.45) is 5.92 Å². The van der Waals surface area contributed by atoms with Gasteiger partial charge in [0.1, 0.15) is 18.2 Å². The van der Waals surface area contributed by atoms with E-state index >= 15 is 0 Å². The molecule has 0 aliphatic carbocycles. The maximum atomic E-state index is 12.7. The molecule has 20 heavy (non-hydrogen) atoms. The summed E-state index contributed by atoms with van der Waals surface area (Å²) in [4.78, 5) is 11.6. The smallest absolute Gasteiger partial charge is 0.220 e. The number of nitrogens with one attached hydrogen (secondary N) is 2. The fourth-order valence-electron chi connectivity index (χ4n) is 2.27. The number of hydrogen-bond donors (Lipinski definition) is 2. The SMILES string of the molecule is O=C(CCC1CCNC1)NCCOc1ccc(F)cc1. The van der Waals surface area contributed by atoms with Crippen LogP contribution in [-0.4, -0.2) is 32.1 Å². The minimum Gasteiger partial charge on any atom is -0.492 e. The van der Waals surface area contributed by atoms with Crippen LogP contribution in [0.3, 0.4) is 0 Å². The Bertz CT molecular complexity index is 416. The van der Waals surface area contributed by atoms with Crippen molar-refractivity contribution < 1.29 is 13.9 Å². The molecule has 5 heteroatoms. The monoisotopic (exact) mass is 280 g/mol. The quantitative estimate of drug-likeness (QED) is 0.748. The standard InChI is InChI=1S/C15H21FN2O2/c16-13-2-4-14(5-3-13)20-10-9-18-15(19)6-1-12-7-8-17-11-12/h2-5,12,17H,1,6-11H2,(H,18,19). The second kappa shape index (κ2) is 7.85. The van der Waals surface area contributed by atoms with Crippen molar-refractivity contribution in [2.75, 3.05) is 26.2 Å². The fourth-order valence-corrected chi connectivity index (χ4v) is 2.27. The zero-order chi connectivity index (χ0) is 14.2. The molecule has 2 rings (SSSR count). The van der Waals surface area contributed by atoms with Crippen LogP contribution < -0.4 is 15.4 Å². The summed E-state index contributed by atoms with van der Waals surface area (Å²) < 4.78 is 18.1. The van der Waals surface area contributed by atoms with Gasteiger partial charge in [-0.25, -0.2) is 4.39 Å². The summed E-state index contributed by atoms with van der Waals surface area (Å²) in [5.41, 5.74) is 0. The highest BCUT2D eigenvalue weighted by Crippen LogP contribution is 2.14. The zero-order valence-electron chi connectivity index (χ0n) is 11.5. The summed E-state index contributed by atoms with van der Waals surface area (Å²) >= 11 is 0. The highest BCUT2D eigenvalue weighted by Gasteiger charge is 2.15. The molecule has 110 valence electrons. The first-order valence-corrected chi connectivity index (χ1v) is 7.10. The highest BCUT2D eigenvalue weighted by molar-refractivity contribution is 5.75.